The molecule has 1 heterocycles. The number of nitrogens with one attached hydrogen (secondary N) is 1. The molecule has 0 atom stereocenters. The van der Waals surface area contributed by atoms with Gasteiger partial charge in [-0.1, -0.05) is 18.2 Å². The zero-order valence-corrected chi connectivity index (χ0v) is 13.8. The van der Waals surface area contributed by atoms with Crippen LogP contribution in [0.3, 0.4) is 0 Å². The summed E-state index contributed by atoms with van der Waals surface area (Å²) >= 11 is 0. The van der Waals surface area contributed by atoms with Crippen molar-refractivity contribution in [3.05, 3.63) is 54.1 Å². The molecule has 0 saturated carbocycles. The maximum absolute atomic E-state index is 12.4. The number of methoxy groups -OCH3 is 1. The molecule has 24 heavy (non-hydrogen) atoms. The third-order valence-corrected chi connectivity index (χ3v) is 4.04. The standard InChI is InChI=1S/C19H22N2O3/c1-23-12-13-24-17-8-6-16(7-9-17)20-14-19(22)21-11-10-15-4-2-3-5-18(15)21/h2-9,20H,10-14H2,1H3. The smallest absolute Gasteiger partial charge is 0.246 e. The first kappa shape index (κ1) is 16.3. The van der Waals surface area contributed by atoms with Gasteiger partial charge in [-0.25, -0.2) is 0 Å². The van der Waals surface area contributed by atoms with Crippen LogP contribution in [0.15, 0.2) is 48.5 Å². The molecule has 5 heteroatoms. The number of rotatable bonds is 7. The van der Waals surface area contributed by atoms with Gasteiger partial charge in [-0.3, -0.25) is 4.79 Å². The summed E-state index contributed by atoms with van der Waals surface area (Å²) in [6.07, 6.45) is 0.926. The Hall–Kier alpha value is -2.53. The molecule has 126 valence electrons. The van der Waals surface area contributed by atoms with Gasteiger partial charge in [-0.2, -0.15) is 0 Å². The Morgan fingerprint density at radius 2 is 1.92 bits per heavy atom. The Labute approximate surface area is 142 Å². The van der Waals surface area contributed by atoms with Crippen molar-refractivity contribution in [2.45, 2.75) is 6.42 Å². The number of benzene rings is 2. The molecule has 2 aromatic rings. The van der Waals surface area contributed by atoms with Crippen molar-refractivity contribution in [1.29, 1.82) is 0 Å². The van der Waals surface area contributed by atoms with Crippen molar-refractivity contribution < 1.29 is 14.3 Å². The van der Waals surface area contributed by atoms with Gasteiger partial charge < -0.3 is 19.7 Å². The molecular formula is C19H22N2O3. The highest BCUT2D eigenvalue weighted by atomic mass is 16.5. The van der Waals surface area contributed by atoms with Gasteiger partial charge in [0.05, 0.1) is 13.2 Å². The number of ether oxygens (including phenoxy) is 2. The highest BCUT2D eigenvalue weighted by Crippen LogP contribution is 2.27. The zero-order valence-electron chi connectivity index (χ0n) is 13.8. The first-order chi connectivity index (χ1) is 11.8. The van der Waals surface area contributed by atoms with Gasteiger partial charge in [0.2, 0.25) is 5.91 Å². The summed E-state index contributed by atoms with van der Waals surface area (Å²) in [5, 5.41) is 3.18. The summed E-state index contributed by atoms with van der Waals surface area (Å²) in [4.78, 5) is 14.3. The SMILES string of the molecule is COCCOc1ccc(NCC(=O)N2CCc3ccccc32)cc1. The molecule has 0 spiro atoms. The van der Waals surface area contributed by atoms with Crippen LogP contribution in [-0.2, 0) is 16.0 Å². The molecule has 0 bridgehead atoms. The number of amides is 1. The molecular weight excluding hydrogens is 304 g/mol. The summed E-state index contributed by atoms with van der Waals surface area (Å²) in [6, 6.07) is 15.7. The number of fused-ring (bicyclic) bond motifs is 1. The van der Waals surface area contributed by atoms with Gasteiger partial charge in [0, 0.05) is 25.0 Å². The van der Waals surface area contributed by atoms with E-state index in [0.29, 0.717) is 13.2 Å². The third-order valence-electron chi connectivity index (χ3n) is 4.04. The molecule has 3 rings (SSSR count). The Morgan fingerprint density at radius 3 is 2.71 bits per heavy atom. The zero-order chi connectivity index (χ0) is 16.8. The Morgan fingerprint density at radius 1 is 1.12 bits per heavy atom. The van der Waals surface area contributed by atoms with E-state index in [-0.39, 0.29) is 12.5 Å². The van der Waals surface area contributed by atoms with E-state index in [9.17, 15) is 4.79 Å². The number of carbonyl (C=O) groups is 1. The lowest BCUT2D eigenvalue weighted by Gasteiger charge is -2.18. The number of anilines is 2. The topological polar surface area (TPSA) is 50.8 Å². The van der Waals surface area contributed by atoms with Crippen LogP contribution in [0.25, 0.3) is 0 Å². The Balaban J connectivity index is 1.52. The average Bonchev–Trinajstić information content (AvgIpc) is 3.05. The minimum atomic E-state index is 0.0837. The number of carbonyl (C=O) groups excluding carboxylic acids is 1. The molecule has 0 aliphatic carbocycles. The lowest BCUT2D eigenvalue weighted by molar-refractivity contribution is -0.116. The Kier molecular flexibility index (Phi) is 5.33. The second-order valence-corrected chi connectivity index (χ2v) is 5.64. The first-order valence-electron chi connectivity index (χ1n) is 8.12. The van der Waals surface area contributed by atoms with Gasteiger partial charge in [0.25, 0.3) is 0 Å². The summed E-state index contributed by atoms with van der Waals surface area (Å²) in [7, 11) is 1.64. The van der Waals surface area contributed by atoms with Crippen molar-refractivity contribution >= 4 is 17.3 Å². The van der Waals surface area contributed by atoms with Gasteiger partial charge in [0.15, 0.2) is 0 Å². The molecule has 1 N–H and O–H groups in total. The fourth-order valence-electron chi connectivity index (χ4n) is 2.78. The minimum Gasteiger partial charge on any atom is -0.491 e. The average molecular weight is 326 g/mol. The lowest BCUT2D eigenvalue weighted by Crippen LogP contribution is -2.34. The quantitative estimate of drug-likeness (QED) is 0.795. The second-order valence-electron chi connectivity index (χ2n) is 5.64. The van der Waals surface area contributed by atoms with Crippen molar-refractivity contribution in [1.82, 2.24) is 0 Å². The molecule has 0 saturated heterocycles. The summed E-state index contributed by atoms with van der Waals surface area (Å²) in [6.45, 7) is 2.12. The summed E-state index contributed by atoms with van der Waals surface area (Å²) in [5.74, 6) is 0.873. The molecule has 0 aromatic heterocycles. The van der Waals surface area contributed by atoms with Crippen LogP contribution in [0.2, 0.25) is 0 Å². The molecule has 5 nitrogen and oxygen atoms in total. The van der Waals surface area contributed by atoms with Crippen molar-refractivity contribution in [3.8, 4) is 5.75 Å². The number of hydrogen-bond donors (Lipinski definition) is 1. The van der Waals surface area contributed by atoms with Crippen LogP contribution in [-0.4, -0.2) is 39.3 Å². The van der Waals surface area contributed by atoms with Crippen LogP contribution >= 0.6 is 0 Å². The van der Waals surface area contributed by atoms with E-state index in [1.165, 1.54) is 5.56 Å². The molecule has 1 aliphatic rings. The maximum atomic E-state index is 12.4. The monoisotopic (exact) mass is 326 g/mol. The van der Waals surface area contributed by atoms with Gasteiger partial charge in [-0.05, 0) is 42.3 Å². The second kappa shape index (κ2) is 7.84. The molecule has 1 aliphatic heterocycles. The largest absolute Gasteiger partial charge is 0.491 e. The third kappa shape index (κ3) is 3.86. The minimum absolute atomic E-state index is 0.0837. The van der Waals surface area contributed by atoms with Gasteiger partial charge in [0.1, 0.15) is 12.4 Å². The van der Waals surface area contributed by atoms with E-state index < -0.39 is 0 Å². The van der Waals surface area contributed by atoms with E-state index in [0.717, 1.165) is 30.1 Å². The Bertz CT molecular complexity index is 685. The number of hydrogen-bond acceptors (Lipinski definition) is 4. The molecule has 0 fully saturated rings. The predicted molar refractivity (Wildman–Crippen MR) is 94.8 cm³/mol. The van der Waals surface area contributed by atoms with Crippen molar-refractivity contribution in [3.63, 3.8) is 0 Å². The normalized spacial score (nSPS) is 12.8. The van der Waals surface area contributed by atoms with Crippen LogP contribution in [0.1, 0.15) is 5.56 Å². The van der Waals surface area contributed by atoms with Crippen LogP contribution in [0.4, 0.5) is 11.4 Å². The molecule has 0 unspecified atom stereocenters. The van der Waals surface area contributed by atoms with E-state index in [4.69, 9.17) is 9.47 Å². The fourth-order valence-corrected chi connectivity index (χ4v) is 2.78. The van der Waals surface area contributed by atoms with Crippen molar-refractivity contribution in [2.75, 3.05) is 43.6 Å². The maximum Gasteiger partial charge on any atom is 0.246 e. The van der Waals surface area contributed by atoms with Gasteiger partial charge >= 0.3 is 0 Å². The highest BCUT2D eigenvalue weighted by Gasteiger charge is 2.23. The van der Waals surface area contributed by atoms with Gasteiger partial charge in [-0.15, -0.1) is 0 Å². The fraction of sp³-hybridized carbons (Fsp3) is 0.316. The highest BCUT2D eigenvalue weighted by molar-refractivity contribution is 5.98. The van der Waals surface area contributed by atoms with E-state index in [1.807, 2.05) is 47.4 Å². The van der Waals surface area contributed by atoms with Crippen LogP contribution < -0.4 is 15.0 Å². The summed E-state index contributed by atoms with van der Waals surface area (Å²) < 4.78 is 10.5. The van der Waals surface area contributed by atoms with E-state index in [1.54, 1.807) is 7.11 Å². The lowest BCUT2D eigenvalue weighted by atomic mass is 10.2. The molecule has 2 aromatic carbocycles. The van der Waals surface area contributed by atoms with E-state index >= 15 is 0 Å². The molecule has 0 radical (unpaired) electrons. The van der Waals surface area contributed by atoms with E-state index in [2.05, 4.69) is 11.4 Å². The van der Waals surface area contributed by atoms with Crippen molar-refractivity contribution in [2.24, 2.45) is 0 Å². The number of nitrogens with zero attached hydrogens (tertiary/aromatic N) is 1. The molecule has 1 amide bonds. The predicted octanol–water partition coefficient (Wildman–Crippen LogP) is 2.71. The first-order valence-corrected chi connectivity index (χ1v) is 8.12. The van der Waals surface area contributed by atoms with Crippen LogP contribution in [0, 0.1) is 0 Å². The number of para-hydroxylation sites is 1. The summed E-state index contributed by atoms with van der Waals surface area (Å²) in [5.41, 5.74) is 3.17. The van der Waals surface area contributed by atoms with Crippen LogP contribution in [0.5, 0.6) is 5.75 Å².